The van der Waals surface area contributed by atoms with Crippen molar-refractivity contribution in [3.05, 3.63) is 30.3 Å². The Balaban J connectivity index is 2.10. The van der Waals surface area contributed by atoms with E-state index in [2.05, 4.69) is 43.2 Å². The number of amidine groups is 1. The van der Waals surface area contributed by atoms with Gasteiger partial charge in [0.25, 0.3) is 0 Å². The van der Waals surface area contributed by atoms with Gasteiger partial charge in [0.05, 0.1) is 6.42 Å². The second-order valence-corrected chi connectivity index (χ2v) is 4.92. The average molecular weight is 203 g/mol. The minimum atomic E-state index is 0.205. The molecule has 2 nitrogen and oxygen atoms in total. The highest BCUT2D eigenvalue weighted by atomic mass is 15.1. The second-order valence-electron chi connectivity index (χ2n) is 4.92. The maximum absolute atomic E-state index is 3.53. The molecule has 15 heavy (non-hydrogen) atoms. The van der Waals surface area contributed by atoms with Crippen LogP contribution in [0.15, 0.2) is 30.3 Å². The Hall–Kier alpha value is -1.31. The molecule has 0 aromatic heterocycles. The zero-order valence-corrected chi connectivity index (χ0v) is 9.67. The van der Waals surface area contributed by atoms with E-state index < -0.39 is 0 Å². The fourth-order valence-electron chi connectivity index (χ4n) is 1.90. The van der Waals surface area contributed by atoms with Gasteiger partial charge in [-0.1, -0.05) is 25.1 Å². The Kier molecular flexibility index (Phi) is 2.51. The average Bonchev–Trinajstić information content (AvgIpc) is 2.42. The summed E-state index contributed by atoms with van der Waals surface area (Å²) in [5.41, 5.74) is 1.36. The molecule has 80 valence electrons. The van der Waals surface area contributed by atoms with Gasteiger partial charge in [0.1, 0.15) is 11.2 Å². The van der Waals surface area contributed by atoms with Gasteiger partial charge in [-0.25, -0.2) is 5.32 Å². The first-order chi connectivity index (χ1) is 7.08. The minimum Gasteiger partial charge on any atom is -0.273 e. The molecule has 0 saturated carbocycles. The lowest BCUT2D eigenvalue weighted by Crippen LogP contribution is -2.84. The predicted octanol–water partition coefficient (Wildman–Crippen LogP) is 1.40. The zero-order chi connectivity index (χ0) is 10.9. The molecule has 2 N–H and O–H groups in total. The maximum atomic E-state index is 3.53. The van der Waals surface area contributed by atoms with Gasteiger partial charge in [0.2, 0.25) is 5.84 Å². The van der Waals surface area contributed by atoms with E-state index in [1.54, 1.807) is 0 Å². The molecule has 0 fully saturated rings. The highest BCUT2D eigenvalue weighted by Gasteiger charge is 2.36. The van der Waals surface area contributed by atoms with E-state index in [1.165, 1.54) is 5.84 Å². The summed E-state index contributed by atoms with van der Waals surface area (Å²) < 4.78 is 0. The van der Waals surface area contributed by atoms with E-state index in [0.717, 1.165) is 12.1 Å². The first kappa shape index (κ1) is 10.2. The van der Waals surface area contributed by atoms with Crippen LogP contribution in [0.25, 0.3) is 0 Å². The summed E-state index contributed by atoms with van der Waals surface area (Å²) in [6.07, 6.45) is 1.10. The van der Waals surface area contributed by atoms with E-state index >= 15 is 0 Å². The van der Waals surface area contributed by atoms with Gasteiger partial charge in [-0.05, 0) is 26.0 Å². The van der Waals surface area contributed by atoms with Crippen LogP contribution in [0.2, 0.25) is 0 Å². The monoisotopic (exact) mass is 203 g/mol. The molecule has 1 atom stereocenters. The van der Waals surface area contributed by atoms with Crippen molar-refractivity contribution in [2.45, 2.75) is 32.7 Å². The maximum Gasteiger partial charge on any atom is 0.248 e. The summed E-state index contributed by atoms with van der Waals surface area (Å²) in [7, 11) is 0. The van der Waals surface area contributed by atoms with Crippen molar-refractivity contribution in [3.8, 4) is 0 Å². The smallest absolute Gasteiger partial charge is 0.248 e. The summed E-state index contributed by atoms with van der Waals surface area (Å²) in [6, 6.07) is 10.3. The number of hydrogen-bond acceptors (Lipinski definition) is 1. The third-order valence-electron chi connectivity index (χ3n) is 3.28. The topological polar surface area (TPSA) is 26.0 Å². The van der Waals surface area contributed by atoms with E-state index in [1.807, 2.05) is 18.2 Å². The minimum absolute atomic E-state index is 0.205. The largest absolute Gasteiger partial charge is 0.273 e. The van der Waals surface area contributed by atoms with Gasteiger partial charge in [-0.2, -0.15) is 0 Å². The van der Waals surface area contributed by atoms with Crippen LogP contribution in [-0.4, -0.2) is 11.4 Å². The first-order valence-corrected chi connectivity index (χ1v) is 5.54. The van der Waals surface area contributed by atoms with Gasteiger partial charge in [0, 0.05) is 5.92 Å². The Morgan fingerprint density at radius 3 is 2.47 bits per heavy atom. The van der Waals surface area contributed by atoms with Crippen molar-refractivity contribution < 1.29 is 4.99 Å². The van der Waals surface area contributed by atoms with Crippen LogP contribution in [0.5, 0.6) is 0 Å². The third kappa shape index (κ3) is 2.20. The lowest BCUT2D eigenvalue weighted by molar-refractivity contribution is -0.542. The number of benzene rings is 1. The third-order valence-corrected chi connectivity index (χ3v) is 3.28. The summed E-state index contributed by atoms with van der Waals surface area (Å²) in [5.74, 6) is 1.91. The summed E-state index contributed by atoms with van der Waals surface area (Å²) in [4.78, 5) is 3.53. The van der Waals surface area contributed by atoms with Crippen LogP contribution in [-0.2, 0) is 0 Å². The van der Waals surface area contributed by atoms with Crippen molar-refractivity contribution in [1.82, 2.24) is 0 Å². The molecule has 1 aliphatic heterocycles. The van der Waals surface area contributed by atoms with Gasteiger partial charge in [-0.3, -0.25) is 4.99 Å². The van der Waals surface area contributed by atoms with E-state index in [0.29, 0.717) is 5.92 Å². The van der Waals surface area contributed by atoms with Crippen molar-refractivity contribution in [2.24, 2.45) is 5.92 Å². The van der Waals surface area contributed by atoms with Crippen molar-refractivity contribution >= 4 is 11.5 Å². The van der Waals surface area contributed by atoms with Gasteiger partial charge in [-0.15, -0.1) is 0 Å². The Labute approximate surface area is 91.4 Å². The molecular weight excluding hydrogens is 184 g/mol. The molecule has 0 unspecified atom stereocenters. The summed E-state index contributed by atoms with van der Waals surface area (Å²) in [6.45, 7) is 6.78. The normalized spacial score (nSPS) is 23.7. The summed E-state index contributed by atoms with van der Waals surface area (Å²) >= 11 is 0. The lowest BCUT2D eigenvalue weighted by atomic mass is 9.90. The molecule has 1 aliphatic rings. The zero-order valence-electron chi connectivity index (χ0n) is 9.67. The molecule has 1 aromatic carbocycles. The van der Waals surface area contributed by atoms with Crippen LogP contribution >= 0.6 is 0 Å². The standard InChI is InChI=1S/C13H18N2/c1-10-9-12(15-13(10,2)3)14-11-7-5-4-6-8-11/h4-8,10H,9H2,1-3H3,(H,14,15)/p+1/t10-/m1/s1. The SMILES string of the molecule is C[C@@H]1CC(Nc2ccccc2)=[NH+]C1(C)C. The van der Waals surface area contributed by atoms with Crippen molar-refractivity contribution in [1.29, 1.82) is 0 Å². The van der Waals surface area contributed by atoms with Crippen LogP contribution < -0.4 is 10.3 Å². The Morgan fingerprint density at radius 2 is 1.93 bits per heavy atom. The predicted molar refractivity (Wildman–Crippen MR) is 63.9 cm³/mol. The summed E-state index contributed by atoms with van der Waals surface area (Å²) in [5, 5.41) is 3.43. The quantitative estimate of drug-likeness (QED) is 0.709. The number of hydrogen-bond donors (Lipinski definition) is 2. The molecular formula is C13H19N2+. The second kappa shape index (κ2) is 3.69. The highest BCUT2D eigenvalue weighted by Crippen LogP contribution is 2.19. The number of rotatable bonds is 1. The molecule has 2 heteroatoms. The fraction of sp³-hybridized carbons (Fsp3) is 0.462. The molecule has 0 spiro atoms. The van der Waals surface area contributed by atoms with Gasteiger partial charge in [0.15, 0.2) is 0 Å². The van der Waals surface area contributed by atoms with Crippen LogP contribution in [0.3, 0.4) is 0 Å². The van der Waals surface area contributed by atoms with Crippen molar-refractivity contribution in [2.75, 3.05) is 5.32 Å². The Morgan fingerprint density at radius 1 is 1.27 bits per heavy atom. The fourth-order valence-corrected chi connectivity index (χ4v) is 1.90. The van der Waals surface area contributed by atoms with E-state index in [-0.39, 0.29) is 5.54 Å². The van der Waals surface area contributed by atoms with Gasteiger partial charge >= 0.3 is 0 Å². The number of anilines is 1. The van der Waals surface area contributed by atoms with E-state index in [9.17, 15) is 0 Å². The molecule has 0 saturated heterocycles. The first-order valence-electron chi connectivity index (χ1n) is 5.54. The molecule has 0 radical (unpaired) electrons. The van der Waals surface area contributed by atoms with Crippen LogP contribution in [0.1, 0.15) is 27.2 Å². The Bertz CT molecular complexity index is 365. The van der Waals surface area contributed by atoms with E-state index in [4.69, 9.17) is 0 Å². The molecule has 0 bridgehead atoms. The molecule has 0 aliphatic carbocycles. The molecule has 2 rings (SSSR count). The van der Waals surface area contributed by atoms with Crippen LogP contribution in [0, 0.1) is 5.92 Å². The number of para-hydroxylation sites is 1. The van der Waals surface area contributed by atoms with Crippen LogP contribution in [0.4, 0.5) is 5.69 Å². The molecule has 0 amide bonds. The van der Waals surface area contributed by atoms with Gasteiger partial charge < -0.3 is 0 Å². The highest BCUT2D eigenvalue weighted by molar-refractivity contribution is 5.92. The van der Waals surface area contributed by atoms with Crippen molar-refractivity contribution in [3.63, 3.8) is 0 Å². The molecule has 1 aromatic rings. The lowest BCUT2D eigenvalue weighted by Gasteiger charge is -2.16. The molecule has 1 heterocycles. The number of nitrogens with one attached hydrogen (secondary N) is 2.